The topological polar surface area (TPSA) is 78.7 Å². The summed E-state index contributed by atoms with van der Waals surface area (Å²) in [4.78, 5) is 16.3. The van der Waals surface area contributed by atoms with Crippen LogP contribution in [0.15, 0.2) is 33.7 Å². The minimum absolute atomic E-state index is 0.0751. The number of amides is 1. The fourth-order valence-electron chi connectivity index (χ4n) is 2.51. The van der Waals surface area contributed by atoms with Gasteiger partial charge in [0.15, 0.2) is 5.96 Å². The van der Waals surface area contributed by atoms with Crippen molar-refractivity contribution >= 4 is 22.8 Å². The van der Waals surface area contributed by atoms with Crippen LogP contribution in [0.25, 0.3) is 11.0 Å². The summed E-state index contributed by atoms with van der Waals surface area (Å²) in [5, 5.41) is 10.4. The number of para-hydroxylation sites is 1. The largest absolute Gasteiger partial charge is 0.459 e. The summed E-state index contributed by atoms with van der Waals surface area (Å²) in [6, 6.07) is 7.97. The number of aliphatic imine (C=N–C) groups is 1. The number of carbonyl (C=O) groups excluding carboxylic acids is 1. The first-order chi connectivity index (χ1) is 11.8. The lowest BCUT2D eigenvalue weighted by molar-refractivity contribution is -0.121. The Balaban J connectivity index is 2.02. The number of benzene rings is 1. The fraction of sp³-hybridized carbons (Fsp3) is 0.474. The lowest BCUT2D eigenvalue weighted by Gasteiger charge is -2.20. The first-order valence-electron chi connectivity index (χ1n) is 8.60. The summed E-state index contributed by atoms with van der Waals surface area (Å²) in [6.45, 7) is 11.2. The average Bonchev–Trinajstić information content (AvgIpc) is 2.85. The van der Waals surface area contributed by atoms with Crippen molar-refractivity contribution in [2.45, 2.75) is 46.7 Å². The Kier molecular flexibility index (Phi) is 6.07. The summed E-state index contributed by atoms with van der Waals surface area (Å²) in [7, 11) is 0. The lowest BCUT2D eigenvalue weighted by Crippen LogP contribution is -2.43. The van der Waals surface area contributed by atoms with Crippen molar-refractivity contribution in [1.82, 2.24) is 16.0 Å². The lowest BCUT2D eigenvalue weighted by atomic mass is 10.1. The molecule has 3 N–H and O–H groups in total. The molecule has 0 saturated heterocycles. The van der Waals surface area contributed by atoms with E-state index in [1.165, 1.54) is 0 Å². The molecule has 0 aliphatic carbocycles. The molecule has 2 rings (SSSR count). The Morgan fingerprint density at radius 2 is 1.92 bits per heavy atom. The molecule has 2 aromatic rings. The van der Waals surface area contributed by atoms with Crippen LogP contribution < -0.4 is 16.0 Å². The van der Waals surface area contributed by atoms with Crippen LogP contribution in [0.1, 0.15) is 39.0 Å². The minimum Gasteiger partial charge on any atom is -0.459 e. The molecule has 0 bridgehead atoms. The first kappa shape index (κ1) is 18.8. The molecule has 1 aromatic carbocycles. The third-order valence-electron chi connectivity index (χ3n) is 3.60. The van der Waals surface area contributed by atoms with Gasteiger partial charge in [-0.1, -0.05) is 18.2 Å². The summed E-state index contributed by atoms with van der Waals surface area (Å²) in [5.74, 6) is 1.35. The van der Waals surface area contributed by atoms with E-state index in [2.05, 4.69) is 20.9 Å². The zero-order chi connectivity index (χ0) is 18.4. The summed E-state index contributed by atoms with van der Waals surface area (Å²) < 4.78 is 5.89. The Morgan fingerprint density at radius 1 is 1.20 bits per heavy atom. The van der Waals surface area contributed by atoms with Crippen LogP contribution in [0.5, 0.6) is 0 Å². The van der Waals surface area contributed by atoms with Crippen LogP contribution in [-0.4, -0.2) is 30.5 Å². The van der Waals surface area contributed by atoms with Crippen LogP contribution in [0.4, 0.5) is 0 Å². The highest BCUT2D eigenvalue weighted by molar-refractivity contribution is 5.85. The predicted octanol–water partition coefficient (Wildman–Crippen LogP) is 2.71. The molecule has 0 aliphatic rings. The highest BCUT2D eigenvalue weighted by Gasteiger charge is 2.14. The molecule has 136 valence electrons. The van der Waals surface area contributed by atoms with Crippen molar-refractivity contribution < 1.29 is 9.21 Å². The zero-order valence-corrected chi connectivity index (χ0v) is 15.7. The molecule has 0 aliphatic heterocycles. The van der Waals surface area contributed by atoms with Gasteiger partial charge in [0, 0.05) is 23.0 Å². The Bertz CT molecular complexity index is 756. The average molecular weight is 344 g/mol. The molecule has 0 radical (unpaired) electrons. The van der Waals surface area contributed by atoms with E-state index in [1.54, 1.807) is 0 Å². The van der Waals surface area contributed by atoms with Gasteiger partial charge in [0.05, 0.1) is 6.54 Å². The van der Waals surface area contributed by atoms with Gasteiger partial charge in [-0.15, -0.1) is 0 Å². The second-order valence-corrected chi connectivity index (χ2v) is 6.99. The number of nitrogens with zero attached hydrogens (tertiary/aromatic N) is 1. The molecule has 1 heterocycles. The van der Waals surface area contributed by atoms with Gasteiger partial charge < -0.3 is 20.4 Å². The maximum absolute atomic E-state index is 11.9. The van der Waals surface area contributed by atoms with Crippen molar-refractivity contribution in [3.8, 4) is 0 Å². The van der Waals surface area contributed by atoms with Crippen molar-refractivity contribution in [3.05, 3.63) is 35.6 Å². The first-order valence-corrected chi connectivity index (χ1v) is 8.60. The number of hydrogen-bond donors (Lipinski definition) is 3. The predicted molar refractivity (Wildman–Crippen MR) is 102 cm³/mol. The van der Waals surface area contributed by atoms with Crippen LogP contribution in [0.2, 0.25) is 0 Å². The minimum atomic E-state index is -0.260. The smallest absolute Gasteiger partial charge is 0.242 e. The molecule has 0 spiro atoms. The van der Waals surface area contributed by atoms with Gasteiger partial charge in [0.2, 0.25) is 5.91 Å². The highest BCUT2D eigenvalue weighted by Crippen LogP contribution is 2.24. The molecule has 25 heavy (non-hydrogen) atoms. The molecular formula is C19H28N4O2. The number of carbonyl (C=O) groups is 1. The van der Waals surface area contributed by atoms with Crippen LogP contribution in [0, 0.1) is 6.92 Å². The van der Waals surface area contributed by atoms with Gasteiger partial charge in [0.1, 0.15) is 17.9 Å². The molecule has 0 unspecified atom stereocenters. The second-order valence-electron chi connectivity index (χ2n) is 6.99. The van der Waals surface area contributed by atoms with Gasteiger partial charge in [0.25, 0.3) is 0 Å². The van der Waals surface area contributed by atoms with Crippen LogP contribution in [0.3, 0.4) is 0 Å². The fourth-order valence-corrected chi connectivity index (χ4v) is 2.51. The maximum atomic E-state index is 11.9. The molecule has 6 nitrogen and oxygen atoms in total. The van der Waals surface area contributed by atoms with Crippen molar-refractivity contribution in [2.75, 3.05) is 13.1 Å². The number of rotatable bonds is 5. The molecule has 6 heteroatoms. The van der Waals surface area contributed by atoms with E-state index in [0.29, 0.717) is 19.0 Å². The van der Waals surface area contributed by atoms with E-state index in [-0.39, 0.29) is 18.0 Å². The van der Waals surface area contributed by atoms with Crippen LogP contribution >= 0.6 is 0 Å². The van der Waals surface area contributed by atoms with Gasteiger partial charge in [-0.2, -0.15) is 0 Å². The Labute approximate surface area is 149 Å². The Morgan fingerprint density at radius 3 is 2.56 bits per heavy atom. The van der Waals surface area contributed by atoms with E-state index < -0.39 is 0 Å². The maximum Gasteiger partial charge on any atom is 0.242 e. The quantitative estimate of drug-likeness (QED) is 0.576. The summed E-state index contributed by atoms with van der Waals surface area (Å²) in [5.41, 5.74) is 1.73. The molecule has 0 saturated carbocycles. The van der Waals surface area contributed by atoms with Gasteiger partial charge in [-0.25, -0.2) is 4.99 Å². The summed E-state index contributed by atoms with van der Waals surface area (Å²) >= 11 is 0. The number of nitrogens with one attached hydrogen (secondary N) is 3. The number of fused-ring (bicyclic) bond motifs is 1. The molecular weight excluding hydrogens is 316 g/mol. The van der Waals surface area contributed by atoms with Crippen molar-refractivity contribution in [1.29, 1.82) is 0 Å². The number of furan rings is 1. The van der Waals surface area contributed by atoms with Gasteiger partial charge >= 0.3 is 0 Å². The third kappa shape index (κ3) is 5.52. The number of guanidine groups is 1. The Hall–Kier alpha value is -2.50. The molecule has 1 amide bonds. The molecule has 0 fully saturated rings. The van der Waals surface area contributed by atoms with E-state index >= 15 is 0 Å². The van der Waals surface area contributed by atoms with E-state index in [0.717, 1.165) is 22.3 Å². The third-order valence-corrected chi connectivity index (χ3v) is 3.60. The van der Waals surface area contributed by atoms with Gasteiger partial charge in [-0.3, -0.25) is 4.79 Å². The van der Waals surface area contributed by atoms with Crippen molar-refractivity contribution in [2.24, 2.45) is 4.99 Å². The van der Waals surface area contributed by atoms with Crippen molar-refractivity contribution in [3.63, 3.8) is 0 Å². The van der Waals surface area contributed by atoms with Crippen LogP contribution in [-0.2, 0) is 11.3 Å². The monoisotopic (exact) mass is 344 g/mol. The second kappa shape index (κ2) is 8.05. The standard InChI is InChI=1S/C19H28N4O2/c1-6-20-18(22-12-17(24)23-19(3,4)5)21-11-16-13(2)14-9-7-8-10-15(14)25-16/h7-10H,6,11-12H2,1-5H3,(H,23,24)(H2,20,21,22). The van der Waals surface area contributed by atoms with E-state index in [9.17, 15) is 4.79 Å². The zero-order valence-electron chi connectivity index (χ0n) is 15.7. The normalized spacial score (nSPS) is 12.3. The highest BCUT2D eigenvalue weighted by atomic mass is 16.3. The van der Waals surface area contributed by atoms with E-state index in [4.69, 9.17) is 4.42 Å². The summed E-state index contributed by atoms with van der Waals surface area (Å²) in [6.07, 6.45) is 0. The van der Waals surface area contributed by atoms with Gasteiger partial charge in [-0.05, 0) is 40.7 Å². The molecule has 1 aromatic heterocycles. The number of hydrogen-bond acceptors (Lipinski definition) is 3. The van der Waals surface area contributed by atoms with E-state index in [1.807, 2.05) is 58.9 Å². The number of aryl methyl sites for hydroxylation is 1. The molecule has 0 atom stereocenters. The SMILES string of the molecule is CCNC(=NCC(=O)NC(C)(C)C)NCc1oc2ccccc2c1C.